The first-order valence-corrected chi connectivity index (χ1v) is 5.14. The van der Waals surface area contributed by atoms with Gasteiger partial charge in [-0.15, -0.1) is 0 Å². The van der Waals surface area contributed by atoms with Crippen molar-refractivity contribution >= 4 is 27.9 Å². The van der Waals surface area contributed by atoms with Crippen LogP contribution in [0.2, 0.25) is 0 Å². The Bertz CT molecular complexity index is 402. The molecule has 0 fully saturated rings. The monoisotopic (exact) mass is 271 g/mol. The first-order chi connectivity index (χ1) is 7.00. The summed E-state index contributed by atoms with van der Waals surface area (Å²) in [5.74, 6) is -0.415. The SMILES string of the molecule is CN(C)C(=O)C=Cc1ccc(F)c(Br)c1. The molecule has 0 aliphatic rings. The Labute approximate surface area is 96.5 Å². The summed E-state index contributed by atoms with van der Waals surface area (Å²) in [6.07, 6.45) is 3.09. The van der Waals surface area contributed by atoms with Gasteiger partial charge in [0.1, 0.15) is 5.82 Å². The van der Waals surface area contributed by atoms with Crippen LogP contribution in [0.1, 0.15) is 5.56 Å². The largest absolute Gasteiger partial charge is 0.345 e. The molecule has 1 amide bonds. The number of benzene rings is 1. The van der Waals surface area contributed by atoms with E-state index in [0.717, 1.165) is 5.56 Å². The Kier molecular flexibility index (Phi) is 4.03. The van der Waals surface area contributed by atoms with Crippen LogP contribution in [-0.4, -0.2) is 24.9 Å². The normalized spacial score (nSPS) is 10.7. The molecule has 1 rings (SSSR count). The molecule has 2 nitrogen and oxygen atoms in total. The number of carbonyl (C=O) groups excluding carboxylic acids is 1. The topological polar surface area (TPSA) is 20.3 Å². The maximum Gasteiger partial charge on any atom is 0.246 e. The Morgan fingerprint density at radius 1 is 1.47 bits per heavy atom. The molecule has 80 valence electrons. The van der Waals surface area contributed by atoms with E-state index >= 15 is 0 Å². The van der Waals surface area contributed by atoms with E-state index in [-0.39, 0.29) is 11.7 Å². The van der Waals surface area contributed by atoms with Gasteiger partial charge < -0.3 is 4.90 Å². The molecule has 0 aromatic heterocycles. The third-order valence-corrected chi connectivity index (χ3v) is 2.41. The Balaban J connectivity index is 2.81. The van der Waals surface area contributed by atoms with E-state index in [1.807, 2.05) is 0 Å². The first-order valence-electron chi connectivity index (χ1n) is 4.35. The predicted molar refractivity (Wildman–Crippen MR) is 61.8 cm³/mol. The number of likely N-dealkylation sites (N-methyl/N-ethyl adjacent to an activating group) is 1. The minimum Gasteiger partial charge on any atom is -0.345 e. The molecular formula is C11H11BrFNO. The fourth-order valence-electron chi connectivity index (χ4n) is 0.933. The zero-order valence-corrected chi connectivity index (χ0v) is 10.1. The zero-order chi connectivity index (χ0) is 11.4. The molecule has 0 spiro atoms. The number of nitrogens with zero attached hydrogens (tertiary/aromatic N) is 1. The molecule has 0 saturated heterocycles. The molecular weight excluding hydrogens is 261 g/mol. The van der Waals surface area contributed by atoms with Crippen molar-refractivity contribution in [1.29, 1.82) is 0 Å². The second-order valence-corrected chi connectivity index (χ2v) is 4.09. The highest BCUT2D eigenvalue weighted by atomic mass is 79.9. The lowest BCUT2D eigenvalue weighted by Crippen LogP contribution is -2.18. The van der Waals surface area contributed by atoms with Crippen molar-refractivity contribution in [3.63, 3.8) is 0 Å². The molecule has 0 saturated carbocycles. The van der Waals surface area contributed by atoms with E-state index < -0.39 is 0 Å². The van der Waals surface area contributed by atoms with Crippen LogP contribution in [0.25, 0.3) is 6.08 Å². The van der Waals surface area contributed by atoms with E-state index in [1.165, 1.54) is 17.0 Å². The molecule has 0 aliphatic heterocycles. The molecule has 4 heteroatoms. The molecule has 1 aromatic carbocycles. The van der Waals surface area contributed by atoms with Crippen LogP contribution in [0.15, 0.2) is 28.7 Å². The summed E-state index contributed by atoms with van der Waals surface area (Å²) in [6.45, 7) is 0. The number of halogens is 2. The maximum atomic E-state index is 12.9. The second kappa shape index (κ2) is 5.07. The smallest absolute Gasteiger partial charge is 0.246 e. The predicted octanol–water partition coefficient (Wildman–Crippen LogP) is 2.69. The van der Waals surface area contributed by atoms with Crippen LogP contribution in [0, 0.1) is 5.82 Å². The number of carbonyl (C=O) groups is 1. The Hall–Kier alpha value is -1.16. The summed E-state index contributed by atoms with van der Waals surface area (Å²) in [6, 6.07) is 4.58. The Morgan fingerprint density at radius 3 is 2.67 bits per heavy atom. The molecule has 15 heavy (non-hydrogen) atoms. The third-order valence-electron chi connectivity index (χ3n) is 1.80. The number of hydrogen-bond acceptors (Lipinski definition) is 1. The first kappa shape index (κ1) is 11.9. The van der Waals surface area contributed by atoms with Gasteiger partial charge in [0.2, 0.25) is 5.91 Å². The van der Waals surface area contributed by atoms with Crippen LogP contribution >= 0.6 is 15.9 Å². The fourth-order valence-corrected chi connectivity index (χ4v) is 1.33. The molecule has 1 aromatic rings. The summed E-state index contributed by atoms with van der Waals surface area (Å²) < 4.78 is 13.3. The second-order valence-electron chi connectivity index (χ2n) is 3.24. The van der Waals surface area contributed by atoms with Gasteiger partial charge in [0, 0.05) is 20.2 Å². The molecule has 0 atom stereocenters. The van der Waals surface area contributed by atoms with Gasteiger partial charge in [-0.05, 0) is 39.7 Å². The third kappa shape index (κ3) is 3.47. The number of rotatable bonds is 2. The molecule has 0 radical (unpaired) electrons. The summed E-state index contributed by atoms with van der Waals surface area (Å²) >= 11 is 3.08. The number of amides is 1. The van der Waals surface area contributed by atoms with E-state index in [2.05, 4.69) is 15.9 Å². The standard InChI is InChI=1S/C11H11BrFNO/c1-14(2)11(15)6-4-8-3-5-10(13)9(12)7-8/h3-7H,1-2H3. The van der Waals surface area contributed by atoms with Gasteiger partial charge in [0.15, 0.2) is 0 Å². The van der Waals surface area contributed by atoms with Gasteiger partial charge in [0.05, 0.1) is 4.47 Å². The van der Waals surface area contributed by atoms with Crippen molar-refractivity contribution in [2.45, 2.75) is 0 Å². The van der Waals surface area contributed by atoms with Gasteiger partial charge in [0.25, 0.3) is 0 Å². The average Bonchev–Trinajstić information content (AvgIpc) is 2.19. The minimum atomic E-state index is -0.314. The molecule has 0 heterocycles. The average molecular weight is 272 g/mol. The lowest BCUT2D eigenvalue weighted by atomic mass is 10.2. The van der Waals surface area contributed by atoms with Crippen molar-refractivity contribution in [3.8, 4) is 0 Å². The quantitative estimate of drug-likeness (QED) is 0.758. The van der Waals surface area contributed by atoms with E-state index in [4.69, 9.17) is 0 Å². The van der Waals surface area contributed by atoms with Crippen molar-refractivity contribution in [3.05, 3.63) is 40.1 Å². The van der Waals surface area contributed by atoms with E-state index in [9.17, 15) is 9.18 Å². The molecule has 0 bridgehead atoms. The highest BCUT2D eigenvalue weighted by Crippen LogP contribution is 2.17. The summed E-state index contributed by atoms with van der Waals surface area (Å²) in [4.78, 5) is 12.7. The van der Waals surface area contributed by atoms with Gasteiger partial charge in [-0.3, -0.25) is 4.79 Å². The molecule has 0 unspecified atom stereocenters. The van der Waals surface area contributed by atoms with Crippen LogP contribution < -0.4 is 0 Å². The highest BCUT2D eigenvalue weighted by Gasteiger charge is 2.00. The Morgan fingerprint density at radius 2 is 2.13 bits per heavy atom. The van der Waals surface area contributed by atoms with Crippen LogP contribution in [0.3, 0.4) is 0 Å². The number of hydrogen-bond donors (Lipinski definition) is 0. The van der Waals surface area contributed by atoms with Gasteiger partial charge in [-0.1, -0.05) is 6.07 Å². The maximum absolute atomic E-state index is 12.9. The summed E-state index contributed by atoms with van der Waals surface area (Å²) in [5.41, 5.74) is 0.776. The van der Waals surface area contributed by atoms with Crippen molar-refractivity contribution in [2.75, 3.05) is 14.1 Å². The van der Waals surface area contributed by atoms with Gasteiger partial charge in [-0.25, -0.2) is 4.39 Å². The van der Waals surface area contributed by atoms with E-state index in [1.54, 1.807) is 32.3 Å². The summed E-state index contributed by atoms with van der Waals surface area (Å²) in [7, 11) is 3.35. The molecule has 0 aliphatic carbocycles. The van der Waals surface area contributed by atoms with Gasteiger partial charge in [-0.2, -0.15) is 0 Å². The van der Waals surface area contributed by atoms with Crippen LogP contribution in [0.5, 0.6) is 0 Å². The van der Waals surface area contributed by atoms with E-state index in [0.29, 0.717) is 4.47 Å². The molecule has 0 N–H and O–H groups in total. The van der Waals surface area contributed by atoms with Gasteiger partial charge >= 0.3 is 0 Å². The fraction of sp³-hybridized carbons (Fsp3) is 0.182. The van der Waals surface area contributed by atoms with Crippen molar-refractivity contribution in [1.82, 2.24) is 4.90 Å². The van der Waals surface area contributed by atoms with Crippen LogP contribution in [0.4, 0.5) is 4.39 Å². The van der Waals surface area contributed by atoms with Crippen LogP contribution in [-0.2, 0) is 4.79 Å². The zero-order valence-electron chi connectivity index (χ0n) is 8.50. The van der Waals surface area contributed by atoms with Crippen molar-refractivity contribution < 1.29 is 9.18 Å². The lowest BCUT2D eigenvalue weighted by molar-refractivity contribution is -0.123. The summed E-state index contributed by atoms with van der Waals surface area (Å²) in [5, 5.41) is 0. The highest BCUT2D eigenvalue weighted by molar-refractivity contribution is 9.10. The minimum absolute atomic E-state index is 0.101. The van der Waals surface area contributed by atoms with Crippen molar-refractivity contribution in [2.24, 2.45) is 0 Å². The lowest BCUT2D eigenvalue weighted by Gasteiger charge is -2.05.